The average molecular weight is 215 g/mol. The first-order chi connectivity index (χ1) is 7.11. The maximum Gasteiger partial charge on any atom is 0.0565 e. The molecule has 0 amide bonds. The van der Waals surface area contributed by atoms with Crippen molar-refractivity contribution in [1.29, 1.82) is 0 Å². The van der Waals surface area contributed by atoms with E-state index in [0.29, 0.717) is 24.3 Å². The predicted octanol–water partition coefficient (Wildman–Crippen LogP) is 1.96. The molecule has 15 heavy (non-hydrogen) atoms. The minimum absolute atomic E-state index is 0.390. The molecule has 3 unspecified atom stereocenters. The van der Waals surface area contributed by atoms with Gasteiger partial charge in [-0.25, -0.2) is 0 Å². The summed E-state index contributed by atoms with van der Waals surface area (Å²) in [6, 6.07) is 1.14. The van der Waals surface area contributed by atoms with E-state index in [9.17, 15) is 0 Å². The lowest BCUT2D eigenvalue weighted by Crippen LogP contribution is -2.45. The summed E-state index contributed by atoms with van der Waals surface area (Å²) in [6.45, 7) is 7.38. The van der Waals surface area contributed by atoms with Gasteiger partial charge >= 0.3 is 0 Å². The molecule has 0 saturated carbocycles. The van der Waals surface area contributed by atoms with Crippen LogP contribution in [0.5, 0.6) is 0 Å². The van der Waals surface area contributed by atoms with Crippen molar-refractivity contribution >= 4 is 0 Å². The van der Waals surface area contributed by atoms with Crippen LogP contribution in [0.1, 0.15) is 40.0 Å². The number of hydrogen-bond donors (Lipinski definition) is 1. The molecule has 90 valence electrons. The van der Waals surface area contributed by atoms with Crippen LogP contribution in [-0.2, 0) is 9.47 Å². The van der Waals surface area contributed by atoms with Crippen LogP contribution < -0.4 is 5.32 Å². The Hall–Kier alpha value is -0.120. The Kier molecular flexibility index (Phi) is 5.58. The van der Waals surface area contributed by atoms with E-state index in [0.717, 1.165) is 25.9 Å². The van der Waals surface area contributed by atoms with Crippen LogP contribution in [0.2, 0.25) is 0 Å². The highest BCUT2D eigenvalue weighted by Crippen LogP contribution is 2.19. The van der Waals surface area contributed by atoms with Gasteiger partial charge in [0.05, 0.1) is 12.2 Å². The maximum atomic E-state index is 5.71. The fraction of sp³-hybridized carbons (Fsp3) is 1.00. The summed E-state index contributed by atoms with van der Waals surface area (Å²) >= 11 is 0. The zero-order valence-electron chi connectivity index (χ0n) is 10.5. The summed E-state index contributed by atoms with van der Waals surface area (Å²) in [7, 11) is 1.76. The highest BCUT2D eigenvalue weighted by molar-refractivity contribution is 4.80. The lowest BCUT2D eigenvalue weighted by Gasteiger charge is -2.34. The van der Waals surface area contributed by atoms with Crippen LogP contribution in [0.25, 0.3) is 0 Å². The number of hydrogen-bond acceptors (Lipinski definition) is 3. The smallest absolute Gasteiger partial charge is 0.0565 e. The molecule has 1 rings (SSSR count). The quantitative estimate of drug-likeness (QED) is 0.760. The van der Waals surface area contributed by atoms with E-state index < -0.39 is 0 Å². The second-order valence-electron chi connectivity index (χ2n) is 4.77. The summed E-state index contributed by atoms with van der Waals surface area (Å²) in [4.78, 5) is 0. The zero-order valence-corrected chi connectivity index (χ0v) is 10.5. The standard InChI is InChI=1S/C12H25NO2/c1-9(5-6-14-4)13-12-7-10(2)15-11(3)8-12/h9-13H,5-8H2,1-4H3. The van der Waals surface area contributed by atoms with E-state index in [-0.39, 0.29) is 0 Å². The van der Waals surface area contributed by atoms with E-state index in [1.807, 2.05) is 0 Å². The molecular weight excluding hydrogens is 190 g/mol. The summed E-state index contributed by atoms with van der Waals surface area (Å²) in [5.74, 6) is 0. The van der Waals surface area contributed by atoms with Crippen LogP contribution in [0.4, 0.5) is 0 Å². The summed E-state index contributed by atoms with van der Waals surface area (Å²) < 4.78 is 10.8. The molecule has 0 spiro atoms. The fourth-order valence-corrected chi connectivity index (χ4v) is 2.32. The number of rotatable bonds is 5. The van der Waals surface area contributed by atoms with Gasteiger partial charge in [-0.3, -0.25) is 0 Å². The molecule has 0 radical (unpaired) electrons. The van der Waals surface area contributed by atoms with Gasteiger partial charge in [-0.2, -0.15) is 0 Å². The van der Waals surface area contributed by atoms with E-state index in [1.54, 1.807) is 7.11 Å². The first-order valence-electron chi connectivity index (χ1n) is 6.02. The van der Waals surface area contributed by atoms with Crippen LogP contribution >= 0.6 is 0 Å². The number of ether oxygens (including phenoxy) is 2. The molecule has 0 aliphatic carbocycles. The molecule has 3 heteroatoms. The van der Waals surface area contributed by atoms with Gasteiger partial charge in [-0.15, -0.1) is 0 Å². The third-order valence-corrected chi connectivity index (χ3v) is 2.97. The van der Waals surface area contributed by atoms with E-state index in [1.165, 1.54) is 0 Å². The molecule has 1 saturated heterocycles. The Morgan fingerprint density at radius 3 is 2.47 bits per heavy atom. The van der Waals surface area contributed by atoms with Crippen LogP contribution in [0.3, 0.4) is 0 Å². The highest BCUT2D eigenvalue weighted by atomic mass is 16.5. The van der Waals surface area contributed by atoms with Gasteiger partial charge < -0.3 is 14.8 Å². The summed E-state index contributed by atoms with van der Waals surface area (Å²) in [5, 5.41) is 3.65. The fourth-order valence-electron chi connectivity index (χ4n) is 2.32. The van der Waals surface area contributed by atoms with Crippen LogP contribution in [0, 0.1) is 0 Å². The molecule has 0 aromatic heterocycles. The molecule has 0 bridgehead atoms. The van der Waals surface area contributed by atoms with Crippen molar-refractivity contribution < 1.29 is 9.47 Å². The maximum absolute atomic E-state index is 5.71. The third kappa shape index (κ3) is 4.96. The topological polar surface area (TPSA) is 30.5 Å². The molecular formula is C12H25NO2. The van der Waals surface area contributed by atoms with Gasteiger partial charge in [0.25, 0.3) is 0 Å². The van der Waals surface area contributed by atoms with Crippen molar-refractivity contribution in [2.75, 3.05) is 13.7 Å². The number of nitrogens with one attached hydrogen (secondary N) is 1. The van der Waals surface area contributed by atoms with E-state index in [4.69, 9.17) is 9.47 Å². The Balaban J connectivity index is 2.24. The van der Waals surface area contributed by atoms with Crippen molar-refractivity contribution in [1.82, 2.24) is 5.32 Å². The molecule has 1 fully saturated rings. The van der Waals surface area contributed by atoms with Crippen molar-refractivity contribution in [3.63, 3.8) is 0 Å². The van der Waals surface area contributed by atoms with E-state index in [2.05, 4.69) is 26.1 Å². The largest absolute Gasteiger partial charge is 0.385 e. The van der Waals surface area contributed by atoms with Crippen molar-refractivity contribution in [3.8, 4) is 0 Å². The Morgan fingerprint density at radius 1 is 1.33 bits per heavy atom. The van der Waals surface area contributed by atoms with E-state index >= 15 is 0 Å². The van der Waals surface area contributed by atoms with Gasteiger partial charge in [-0.1, -0.05) is 0 Å². The van der Waals surface area contributed by atoms with Gasteiger partial charge in [0.15, 0.2) is 0 Å². The average Bonchev–Trinajstić information content (AvgIpc) is 2.13. The molecule has 0 aromatic rings. The third-order valence-electron chi connectivity index (χ3n) is 2.97. The van der Waals surface area contributed by atoms with Crippen molar-refractivity contribution in [2.45, 2.75) is 64.3 Å². The Bertz CT molecular complexity index is 165. The minimum atomic E-state index is 0.390. The molecule has 1 N–H and O–H groups in total. The summed E-state index contributed by atoms with van der Waals surface area (Å²) in [6.07, 6.45) is 4.11. The zero-order chi connectivity index (χ0) is 11.3. The predicted molar refractivity (Wildman–Crippen MR) is 62.1 cm³/mol. The molecule has 1 aliphatic heterocycles. The molecule has 0 aromatic carbocycles. The lowest BCUT2D eigenvalue weighted by molar-refractivity contribution is -0.0436. The first-order valence-corrected chi connectivity index (χ1v) is 6.02. The Labute approximate surface area is 93.5 Å². The summed E-state index contributed by atoms with van der Waals surface area (Å²) in [5.41, 5.74) is 0. The first kappa shape index (κ1) is 12.9. The Morgan fingerprint density at radius 2 is 1.93 bits per heavy atom. The second-order valence-corrected chi connectivity index (χ2v) is 4.77. The van der Waals surface area contributed by atoms with Crippen molar-refractivity contribution in [2.24, 2.45) is 0 Å². The highest BCUT2D eigenvalue weighted by Gasteiger charge is 2.24. The van der Waals surface area contributed by atoms with Gasteiger partial charge in [0.1, 0.15) is 0 Å². The van der Waals surface area contributed by atoms with Gasteiger partial charge in [0.2, 0.25) is 0 Å². The lowest BCUT2D eigenvalue weighted by atomic mass is 9.99. The minimum Gasteiger partial charge on any atom is -0.385 e. The molecule has 1 aliphatic rings. The number of methoxy groups -OCH3 is 1. The molecule has 1 heterocycles. The van der Waals surface area contributed by atoms with Gasteiger partial charge in [-0.05, 0) is 40.0 Å². The SMILES string of the molecule is COCCC(C)NC1CC(C)OC(C)C1. The second kappa shape index (κ2) is 6.46. The normalized spacial score (nSPS) is 34.0. The molecule has 3 nitrogen and oxygen atoms in total. The monoisotopic (exact) mass is 215 g/mol. The van der Waals surface area contributed by atoms with Crippen LogP contribution in [-0.4, -0.2) is 38.0 Å². The van der Waals surface area contributed by atoms with Crippen molar-refractivity contribution in [3.05, 3.63) is 0 Å². The van der Waals surface area contributed by atoms with Gasteiger partial charge in [0, 0.05) is 25.8 Å². The van der Waals surface area contributed by atoms with Crippen LogP contribution in [0.15, 0.2) is 0 Å². The molecule has 3 atom stereocenters.